The molecule has 1 heterocycles. The van der Waals surface area contributed by atoms with Crippen molar-refractivity contribution in [3.05, 3.63) is 47.8 Å². The van der Waals surface area contributed by atoms with Crippen LogP contribution in [0.5, 0.6) is 11.5 Å². The number of aromatic hydroxyl groups is 2. The standard InChI is InChI=1S/C22H27N5O4/c1-13(2)16-11-17(19(29)12-18(16)28)21-24-25-22(20(23)30)27(21)15-7-5-14(6-8-15)26(3)9-10-31-4/h5-8,11-13,28-29H,9-10H2,1-4H3,(H2,23,30). The summed E-state index contributed by atoms with van der Waals surface area (Å²) in [5, 5.41) is 28.7. The van der Waals surface area contributed by atoms with E-state index in [2.05, 4.69) is 10.2 Å². The van der Waals surface area contributed by atoms with Gasteiger partial charge in [0.05, 0.1) is 12.2 Å². The number of primary amides is 1. The third-order valence-corrected chi connectivity index (χ3v) is 5.07. The zero-order valence-electron chi connectivity index (χ0n) is 18.0. The number of hydrogen-bond acceptors (Lipinski definition) is 7. The van der Waals surface area contributed by atoms with Gasteiger partial charge in [-0.15, -0.1) is 10.2 Å². The fourth-order valence-corrected chi connectivity index (χ4v) is 3.31. The number of nitrogens with zero attached hydrogens (tertiary/aromatic N) is 4. The molecule has 0 fully saturated rings. The molecule has 3 aromatic rings. The molecule has 2 aromatic carbocycles. The lowest BCUT2D eigenvalue weighted by Crippen LogP contribution is -2.22. The third-order valence-electron chi connectivity index (χ3n) is 5.07. The molecular formula is C22H27N5O4. The lowest BCUT2D eigenvalue weighted by atomic mass is 9.98. The monoisotopic (exact) mass is 425 g/mol. The van der Waals surface area contributed by atoms with Crippen molar-refractivity contribution >= 4 is 11.6 Å². The third kappa shape index (κ3) is 4.46. The number of methoxy groups -OCH3 is 1. The van der Waals surface area contributed by atoms with Gasteiger partial charge in [0, 0.05) is 38.1 Å². The SMILES string of the molecule is COCCN(C)c1ccc(-n2c(C(N)=O)nnc2-c2cc(C(C)C)c(O)cc2O)cc1. The highest BCUT2D eigenvalue weighted by molar-refractivity contribution is 5.91. The van der Waals surface area contributed by atoms with E-state index in [4.69, 9.17) is 10.5 Å². The molecule has 164 valence electrons. The molecule has 31 heavy (non-hydrogen) atoms. The van der Waals surface area contributed by atoms with Gasteiger partial charge in [0.25, 0.3) is 5.91 Å². The normalized spacial score (nSPS) is 11.1. The molecule has 0 saturated heterocycles. The van der Waals surface area contributed by atoms with Crippen molar-refractivity contribution in [2.45, 2.75) is 19.8 Å². The molecule has 0 aliphatic rings. The molecule has 9 nitrogen and oxygen atoms in total. The molecule has 0 unspecified atom stereocenters. The van der Waals surface area contributed by atoms with E-state index in [0.29, 0.717) is 23.4 Å². The van der Waals surface area contributed by atoms with Gasteiger partial charge in [-0.1, -0.05) is 13.8 Å². The number of amides is 1. The van der Waals surface area contributed by atoms with Crippen molar-refractivity contribution in [1.29, 1.82) is 0 Å². The molecule has 0 aliphatic heterocycles. The smallest absolute Gasteiger partial charge is 0.287 e. The highest BCUT2D eigenvalue weighted by Crippen LogP contribution is 2.38. The quantitative estimate of drug-likeness (QED) is 0.506. The largest absolute Gasteiger partial charge is 0.508 e. The van der Waals surface area contributed by atoms with E-state index in [-0.39, 0.29) is 29.1 Å². The summed E-state index contributed by atoms with van der Waals surface area (Å²) in [6.07, 6.45) is 0. The van der Waals surface area contributed by atoms with E-state index in [0.717, 1.165) is 12.2 Å². The van der Waals surface area contributed by atoms with Crippen molar-refractivity contribution in [3.8, 4) is 28.6 Å². The predicted octanol–water partition coefficient (Wildman–Crippen LogP) is 2.65. The molecule has 0 radical (unpaired) electrons. The van der Waals surface area contributed by atoms with E-state index in [1.54, 1.807) is 13.2 Å². The average Bonchev–Trinajstić information content (AvgIpc) is 3.17. The first kappa shape index (κ1) is 22.1. The first-order valence-corrected chi connectivity index (χ1v) is 9.86. The number of nitrogens with two attached hydrogens (primary N) is 1. The topological polar surface area (TPSA) is 127 Å². The maximum absolute atomic E-state index is 12.0. The van der Waals surface area contributed by atoms with Gasteiger partial charge < -0.3 is 25.6 Å². The van der Waals surface area contributed by atoms with Crippen LogP contribution in [0.25, 0.3) is 17.1 Å². The highest BCUT2D eigenvalue weighted by Gasteiger charge is 2.23. The molecule has 0 spiro atoms. The molecule has 0 aliphatic carbocycles. The van der Waals surface area contributed by atoms with Crippen LogP contribution < -0.4 is 10.6 Å². The number of carbonyl (C=O) groups excluding carboxylic acids is 1. The number of likely N-dealkylation sites (N-methyl/N-ethyl adjacent to an activating group) is 1. The van der Waals surface area contributed by atoms with Crippen LogP contribution in [0.2, 0.25) is 0 Å². The number of rotatable bonds is 8. The summed E-state index contributed by atoms with van der Waals surface area (Å²) in [6, 6.07) is 10.3. The Morgan fingerprint density at radius 3 is 2.42 bits per heavy atom. The van der Waals surface area contributed by atoms with Crippen molar-refractivity contribution in [3.63, 3.8) is 0 Å². The fraction of sp³-hybridized carbons (Fsp3) is 0.318. The van der Waals surface area contributed by atoms with Gasteiger partial charge in [0.1, 0.15) is 11.5 Å². The molecule has 4 N–H and O–H groups in total. The molecular weight excluding hydrogens is 398 g/mol. The van der Waals surface area contributed by atoms with Crippen LogP contribution in [0.4, 0.5) is 5.69 Å². The molecule has 3 rings (SSSR count). The lowest BCUT2D eigenvalue weighted by Gasteiger charge is -2.19. The van der Waals surface area contributed by atoms with Crippen LogP contribution in [0.3, 0.4) is 0 Å². The van der Waals surface area contributed by atoms with E-state index in [1.165, 1.54) is 10.6 Å². The summed E-state index contributed by atoms with van der Waals surface area (Å²) in [7, 11) is 3.61. The molecule has 0 atom stereocenters. The van der Waals surface area contributed by atoms with Crippen LogP contribution in [0.15, 0.2) is 36.4 Å². The van der Waals surface area contributed by atoms with E-state index in [1.807, 2.05) is 50.1 Å². The van der Waals surface area contributed by atoms with Crippen molar-refractivity contribution < 1.29 is 19.7 Å². The Kier molecular flexibility index (Phi) is 6.45. The second-order valence-corrected chi connectivity index (χ2v) is 7.56. The van der Waals surface area contributed by atoms with E-state index >= 15 is 0 Å². The Hall–Kier alpha value is -3.59. The molecule has 1 amide bonds. The molecule has 0 saturated carbocycles. The van der Waals surface area contributed by atoms with E-state index in [9.17, 15) is 15.0 Å². The second-order valence-electron chi connectivity index (χ2n) is 7.56. The van der Waals surface area contributed by atoms with Crippen LogP contribution in [0, 0.1) is 0 Å². The van der Waals surface area contributed by atoms with Crippen molar-refractivity contribution in [1.82, 2.24) is 14.8 Å². The average molecular weight is 425 g/mol. The summed E-state index contributed by atoms with van der Waals surface area (Å²) in [6.45, 7) is 5.17. The Labute approximate surface area is 180 Å². The minimum atomic E-state index is -0.748. The number of carbonyl (C=O) groups is 1. The number of ether oxygens (including phenoxy) is 1. The van der Waals surface area contributed by atoms with Crippen molar-refractivity contribution in [2.75, 3.05) is 32.2 Å². The minimum Gasteiger partial charge on any atom is -0.508 e. The first-order valence-electron chi connectivity index (χ1n) is 9.86. The van der Waals surface area contributed by atoms with Gasteiger partial charge >= 0.3 is 0 Å². The second kappa shape index (κ2) is 9.05. The lowest BCUT2D eigenvalue weighted by molar-refractivity contribution is 0.0988. The number of anilines is 1. The number of aromatic nitrogens is 3. The Balaban J connectivity index is 2.11. The first-order chi connectivity index (χ1) is 14.7. The fourth-order valence-electron chi connectivity index (χ4n) is 3.31. The van der Waals surface area contributed by atoms with Gasteiger partial charge in [-0.05, 0) is 41.8 Å². The summed E-state index contributed by atoms with van der Waals surface area (Å²) >= 11 is 0. The van der Waals surface area contributed by atoms with E-state index < -0.39 is 5.91 Å². The van der Waals surface area contributed by atoms with Gasteiger partial charge in [0.2, 0.25) is 5.82 Å². The van der Waals surface area contributed by atoms with Crippen molar-refractivity contribution in [2.24, 2.45) is 5.73 Å². The van der Waals surface area contributed by atoms with Gasteiger partial charge in [0.15, 0.2) is 5.82 Å². The maximum atomic E-state index is 12.0. The Morgan fingerprint density at radius 1 is 1.16 bits per heavy atom. The highest BCUT2D eigenvalue weighted by atomic mass is 16.5. The van der Waals surface area contributed by atoms with Gasteiger partial charge in [-0.3, -0.25) is 9.36 Å². The number of benzene rings is 2. The molecule has 9 heteroatoms. The summed E-state index contributed by atoms with van der Waals surface area (Å²) in [5.41, 5.74) is 8.07. The van der Waals surface area contributed by atoms with Crippen LogP contribution >= 0.6 is 0 Å². The molecule has 0 bridgehead atoms. The Morgan fingerprint density at radius 2 is 1.84 bits per heavy atom. The summed E-state index contributed by atoms with van der Waals surface area (Å²) in [4.78, 5) is 14.1. The zero-order chi connectivity index (χ0) is 22.7. The Bertz CT molecular complexity index is 1080. The summed E-state index contributed by atoms with van der Waals surface area (Å²) in [5.74, 6) is -0.748. The minimum absolute atomic E-state index is 0.00764. The number of hydrogen-bond donors (Lipinski definition) is 3. The maximum Gasteiger partial charge on any atom is 0.287 e. The van der Waals surface area contributed by atoms with Crippen LogP contribution in [0.1, 0.15) is 35.9 Å². The van der Waals surface area contributed by atoms with Gasteiger partial charge in [-0.25, -0.2) is 0 Å². The van der Waals surface area contributed by atoms with Gasteiger partial charge in [-0.2, -0.15) is 0 Å². The number of phenols is 2. The number of phenolic OH excluding ortho intramolecular Hbond substituents is 2. The zero-order valence-corrected chi connectivity index (χ0v) is 18.0. The van der Waals surface area contributed by atoms with Crippen LogP contribution in [-0.4, -0.2) is 58.2 Å². The van der Waals surface area contributed by atoms with Crippen LogP contribution in [-0.2, 0) is 4.74 Å². The summed E-state index contributed by atoms with van der Waals surface area (Å²) < 4.78 is 6.61. The predicted molar refractivity (Wildman–Crippen MR) is 118 cm³/mol. The molecule has 1 aromatic heterocycles.